The minimum absolute atomic E-state index is 0.0846. The molecule has 2 aliphatic rings. The lowest BCUT2D eigenvalue weighted by Gasteiger charge is -2.16. The van der Waals surface area contributed by atoms with Crippen molar-refractivity contribution in [3.63, 3.8) is 0 Å². The van der Waals surface area contributed by atoms with Gasteiger partial charge in [-0.05, 0) is 30.7 Å². The van der Waals surface area contributed by atoms with Gasteiger partial charge in [-0.3, -0.25) is 19.7 Å². The van der Waals surface area contributed by atoms with Crippen molar-refractivity contribution < 1.29 is 19.2 Å². The predicted molar refractivity (Wildman–Crippen MR) is 81.5 cm³/mol. The summed E-state index contributed by atoms with van der Waals surface area (Å²) in [5.74, 6) is -0.487. The molecular weight excluding hydrogens is 300 g/mol. The smallest absolute Gasteiger partial charge is 0.310 e. The molecular formula is C16H16N2O5. The second-order valence-electron chi connectivity index (χ2n) is 5.82. The highest BCUT2D eigenvalue weighted by Crippen LogP contribution is 2.43. The third-order valence-electron chi connectivity index (χ3n) is 4.30. The monoisotopic (exact) mass is 316 g/mol. The predicted octanol–water partition coefficient (Wildman–Crippen LogP) is 2.29. The number of carbonyl (C=O) groups is 2. The fraction of sp³-hybridized carbons (Fsp3) is 0.375. The first-order chi connectivity index (χ1) is 11.0. The molecule has 1 amide bonds. The van der Waals surface area contributed by atoms with Gasteiger partial charge in [-0.25, -0.2) is 0 Å². The highest BCUT2D eigenvalue weighted by atomic mass is 16.6. The molecule has 1 fully saturated rings. The van der Waals surface area contributed by atoms with Crippen LogP contribution in [0, 0.1) is 27.9 Å². The van der Waals surface area contributed by atoms with Crippen LogP contribution < -0.4 is 5.32 Å². The first-order valence-corrected chi connectivity index (χ1v) is 7.43. The molecule has 1 N–H and O–H groups in total. The molecule has 0 unspecified atom stereocenters. The van der Waals surface area contributed by atoms with E-state index in [9.17, 15) is 19.7 Å². The first kappa shape index (κ1) is 15.2. The third-order valence-corrected chi connectivity index (χ3v) is 4.30. The van der Waals surface area contributed by atoms with E-state index in [4.69, 9.17) is 4.74 Å². The second kappa shape index (κ2) is 6.20. The Bertz CT molecular complexity index is 685. The number of rotatable bonds is 5. The van der Waals surface area contributed by atoms with Gasteiger partial charge < -0.3 is 10.1 Å². The zero-order chi connectivity index (χ0) is 16.4. The van der Waals surface area contributed by atoms with E-state index in [0.717, 1.165) is 12.8 Å². The van der Waals surface area contributed by atoms with Crippen molar-refractivity contribution >= 4 is 23.3 Å². The number of nitro groups is 1. The number of benzene rings is 1. The lowest BCUT2D eigenvalue weighted by molar-refractivity contribution is -0.383. The minimum Gasteiger partial charge on any atom is -0.455 e. The van der Waals surface area contributed by atoms with Crippen molar-refractivity contribution in [1.29, 1.82) is 0 Å². The number of anilines is 1. The molecule has 120 valence electrons. The Hall–Kier alpha value is -2.70. The molecule has 2 bridgehead atoms. The van der Waals surface area contributed by atoms with E-state index in [-0.39, 0.29) is 29.2 Å². The quantitative estimate of drug-likeness (QED) is 0.389. The van der Waals surface area contributed by atoms with Crippen molar-refractivity contribution in [1.82, 2.24) is 0 Å². The Morgan fingerprint density at radius 1 is 1.26 bits per heavy atom. The van der Waals surface area contributed by atoms with Crippen LogP contribution in [-0.4, -0.2) is 23.4 Å². The van der Waals surface area contributed by atoms with Gasteiger partial charge in [-0.2, -0.15) is 0 Å². The van der Waals surface area contributed by atoms with E-state index >= 15 is 0 Å². The maximum atomic E-state index is 12.0. The highest BCUT2D eigenvalue weighted by molar-refractivity contribution is 5.94. The van der Waals surface area contributed by atoms with Crippen LogP contribution in [-0.2, 0) is 14.3 Å². The summed E-state index contributed by atoms with van der Waals surface area (Å²) in [5.41, 5.74) is -0.119. The fourth-order valence-corrected chi connectivity index (χ4v) is 3.22. The number of ether oxygens (including phenoxy) is 1. The minimum atomic E-state index is -0.591. The number of amides is 1. The van der Waals surface area contributed by atoms with Crippen molar-refractivity contribution in [3.8, 4) is 0 Å². The van der Waals surface area contributed by atoms with Gasteiger partial charge in [0.15, 0.2) is 6.61 Å². The summed E-state index contributed by atoms with van der Waals surface area (Å²) in [5, 5.41) is 13.3. The second-order valence-corrected chi connectivity index (χ2v) is 5.82. The van der Waals surface area contributed by atoms with Gasteiger partial charge in [-0.1, -0.05) is 24.3 Å². The fourth-order valence-electron chi connectivity index (χ4n) is 3.22. The standard InChI is InChI=1S/C16H16N2O5/c19-15(17-13-3-1-2-4-14(13)18(21)22)9-23-16(20)12-8-10-5-6-11(12)7-10/h1-6,10-12H,7-9H2,(H,17,19)/t10-,11+,12+/m1/s1. The molecule has 3 atom stereocenters. The average Bonchev–Trinajstić information content (AvgIpc) is 3.16. The molecule has 23 heavy (non-hydrogen) atoms. The Morgan fingerprint density at radius 3 is 2.70 bits per heavy atom. The van der Waals surface area contributed by atoms with E-state index in [2.05, 4.69) is 11.4 Å². The van der Waals surface area contributed by atoms with E-state index in [1.807, 2.05) is 6.08 Å². The number of esters is 1. The molecule has 0 spiro atoms. The van der Waals surface area contributed by atoms with E-state index in [1.54, 1.807) is 6.07 Å². The molecule has 3 rings (SSSR count). The molecule has 0 aromatic heterocycles. The van der Waals surface area contributed by atoms with Gasteiger partial charge in [0.25, 0.3) is 11.6 Å². The van der Waals surface area contributed by atoms with Gasteiger partial charge in [0.05, 0.1) is 10.8 Å². The Morgan fingerprint density at radius 2 is 2.04 bits per heavy atom. The molecule has 1 saturated carbocycles. The average molecular weight is 316 g/mol. The van der Waals surface area contributed by atoms with E-state index < -0.39 is 17.4 Å². The molecule has 0 heterocycles. The van der Waals surface area contributed by atoms with Gasteiger partial charge >= 0.3 is 5.97 Å². The maximum absolute atomic E-state index is 12.0. The molecule has 0 aliphatic heterocycles. The number of nitrogens with zero attached hydrogens (tertiary/aromatic N) is 1. The van der Waals surface area contributed by atoms with Crippen LogP contribution >= 0.6 is 0 Å². The van der Waals surface area contributed by atoms with Crippen LogP contribution in [0.4, 0.5) is 11.4 Å². The number of para-hydroxylation sites is 2. The summed E-state index contributed by atoms with van der Waals surface area (Å²) in [4.78, 5) is 34.2. The molecule has 2 aliphatic carbocycles. The summed E-state index contributed by atoms with van der Waals surface area (Å²) in [7, 11) is 0. The van der Waals surface area contributed by atoms with Crippen LogP contribution in [0.5, 0.6) is 0 Å². The summed E-state index contributed by atoms with van der Waals surface area (Å²) in [6, 6.07) is 5.81. The maximum Gasteiger partial charge on any atom is 0.310 e. The molecule has 0 saturated heterocycles. The van der Waals surface area contributed by atoms with Crippen LogP contribution in [0.15, 0.2) is 36.4 Å². The topological polar surface area (TPSA) is 98.5 Å². The van der Waals surface area contributed by atoms with Crippen molar-refractivity contribution in [2.24, 2.45) is 17.8 Å². The number of allylic oxidation sites excluding steroid dienone is 2. The number of hydrogen-bond acceptors (Lipinski definition) is 5. The lowest BCUT2D eigenvalue weighted by Crippen LogP contribution is -2.26. The van der Waals surface area contributed by atoms with Gasteiger partial charge in [0.1, 0.15) is 5.69 Å². The summed E-state index contributed by atoms with van der Waals surface area (Å²) < 4.78 is 5.06. The number of nitrogens with one attached hydrogen (secondary N) is 1. The normalized spacial score (nSPS) is 24.4. The Kier molecular flexibility index (Phi) is 4.10. The lowest BCUT2D eigenvalue weighted by atomic mass is 9.94. The van der Waals surface area contributed by atoms with Gasteiger partial charge in [0, 0.05) is 6.07 Å². The summed E-state index contributed by atoms with van der Waals surface area (Å²) in [6.07, 6.45) is 5.90. The van der Waals surface area contributed by atoms with Gasteiger partial charge in [-0.15, -0.1) is 0 Å². The van der Waals surface area contributed by atoms with Crippen LogP contribution in [0.25, 0.3) is 0 Å². The van der Waals surface area contributed by atoms with Crippen molar-refractivity contribution in [3.05, 3.63) is 46.5 Å². The third kappa shape index (κ3) is 3.23. The highest BCUT2D eigenvalue weighted by Gasteiger charge is 2.40. The number of nitro benzene ring substituents is 1. The zero-order valence-electron chi connectivity index (χ0n) is 12.3. The first-order valence-electron chi connectivity index (χ1n) is 7.43. The number of hydrogen-bond donors (Lipinski definition) is 1. The summed E-state index contributed by atoms with van der Waals surface area (Å²) in [6.45, 7) is -0.442. The Balaban J connectivity index is 1.53. The number of fused-ring (bicyclic) bond motifs is 2. The van der Waals surface area contributed by atoms with Crippen LogP contribution in [0.3, 0.4) is 0 Å². The molecule has 0 radical (unpaired) electrons. The largest absolute Gasteiger partial charge is 0.455 e. The molecule has 1 aromatic carbocycles. The van der Waals surface area contributed by atoms with E-state index in [0.29, 0.717) is 5.92 Å². The number of carbonyl (C=O) groups excluding carboxylic acids is 2. The van der Waals surface area contributed by atoms with Gasteiger partial charge in [0.2, 0.25) is 0 Å². The molecule has 7 nitrogen and oxygen atoms in total. The molecule has 1 aromatic rings. The van der Waals surface area contributed by atoms with Crippen molar-refractivity contribution in [2.45, 2.75) is 12.8 Å². The molecule has 7 heteroatoms. The van der Waals surface area contributed by atoms with E-state index in [1.165, 1.54) is 18.2 Å². The Labute approximate surface area is 132 Å². The zero-order valence-corrected chi connectivity index (χ0v) is 12.3. The van der Waals surface area contributed by atoms with Crippen molar-refractivity contribution in [2.75, 3.05) is 11.9 Å². The SMILES string of the molecule is O=C(COC(=O)[C@H]1C[C@@H]2C=C[C@H]1C2)Nc1ccccc1[N+](=O)[O-]. The van der Waals surface area contributed by atoms with Crippen LogP contribution in [0.2, 0.25) is 0 Å². The van der Waals surface area contributed by atoms with Crippen LogP contribution in [0.1, 0.15) is 12.8 Å². The summed E-state index contributed by atoms with van der Waals surface area (Å²) >= 11 is 0.